The average molecular weight is 298 g/mol. The number of amidine groups is 2. The first-order valence-electron chi connectivity index (χ1n) is 6.86. The Morgan fingerprint density at radius 3 is 2.82 bits per heavy atom. The maximum absolute atomic E-state index is 12.0. The van der Waals surface area contributed by atoms with Gasteiger partial charge in [-0.15, -0.1) is 0 Å². The van der Waals surface area contributed by atoms with Crippen molar-refractivity contribution in [3.63, 3.8) is 0 Å². The Kier molecular flexibility index (Phi) is 3.78. The quantitative estimate of drug-likeness (QED) is 0.828. The number of hydrogen-bond donors (Lipinski definition) is 0. The average Bonchev–Trinajstić information content (AvgIpc) is 3.01. The molecular weight excluding hydrogens is 284 g/mol. The standard InChI is InChI=1S/C15H14N4O3/c1-3-6-22-11-7-9(21-2)4-5-10(11)13-18-14-12(15(20)19-13)16-8-17-14/h4-5,7-8H,3,6H2,1-2H3. The summed E-state index contributed by atoms with van der Waals surface area (Å²) in [5.74, 6) is 1.33. The van der Waals surface area contributed by atoms with E-state index < -0.39 is 5.91 Å². The van der Waals surface area contributed by atoms with Gasteiger partial charge in [0.15, 0.2) is 17.4 Å². The van der Waals surface area contributed by atoms with Crippen LogP contribution in [0, 0.1) is 0 Å². The predicted molar refractivity (Wildman–Crippen MR) is 83.7 cm³/mol. The molecule has 2 heterocycles. The van der Waals surface area contributed by atoms with Gasteiger partial charge >= 0.3 is 5.91 Å². The Morgan fingerprint density at radius 1 is 1.18 bits per heavy atom. The van der Waals surface area contributed by atoms with Gasteiger partial charge in [0.2, 0.25) is 0 Å². The van der Waals surface area contributed by atoms with Gasteiger partial charge in [0.05, 0.1) is 19.3 Å². The van der Waals surface area contributed by atoms with E-state index in [0.717, 1.165) is 6.42 Å². The highest BCUT2D eigenvalue weighted by atomic mass is 16.5. The van der Waals surface area contributed by atoms with Crippen LogP contribution in [0.5, 0.6) is 11.5 Å². The summed E-state index contributed by atoms with van der Waals surface area (Å²) in [6, 6.07) is 5.28. The number of amides is 1. The molecule has 0 unspecified atom stereocenters. The third-order valence-corrected chi connectivity index (χ3v) is 3.09. The number of carbonyl (C=O) groups is 1. The third-order valence-electron chi connectivity index (χ3n) is 3.09. The summed E-state index contributed by atoms with van der Waals surface area (Å²) < 4.78 is 10.9. The first kappa shape index (κ1) is 14.1. The van der Waals surface area contributed by atoms with E-state index in [-0.39, 0.29) is 17.4 Å². The zero-order valence-electron chi connectivity index (χ0n) is 12.2. The van der Waals surface area contributed by atoms with Crippen LogP contribution in [-0.4, -0.2) is 43.3 Å². The largest absolute Gasteiger partial charge is 0.497 e. The lowest BCUT2D eigenvalue weighted by atomic mass is 10.1. The van der Waals surface area contributed by atoms with E-state index in [1.807, 2.05) is 6.92 Å². The predicted octanol–water partition coefficient (Wildman–Crippen LogP) is 1.65. The molecule has 0 saturated heterocycles. The van der Waals surface area contributed by atoms with Crippen molar-refractivity contribution in [2.75, 3.05) is 13.7 Å². The second kappa shape index (κ2) is 5.88. The van der Waals surface area contributed by atoms with E-state index in [0.29, 0.717) is 23.7 Å². The first-order chi connectivity index (χ1) is 10.7. The molecule has 7 nitrogen and oxygen atoms in total. The van der Waals surface area contributed by atoms with E-state index in [4.69, 9.17) is 9.47 Å². The van der Waals surface area contributed by atoms with Crippen molar-refractivity contribution in [2.24, 2.45) is 20.0 Å². The van der Waals surface area contributed by atoms with Crippen molar-refractivity contribution in [1.82, 2.24) is 0 Å². The smallest absolute Gasteiger partial charge is 0.301 e. The molecule has 0 radical (unpaired) electrons. The van der Waals surface area contributed by atoms with Crippen LogP contribution >= 0.6 is 0 Å². The van der Waals surface area contributed by atoms with Gasteiger partial charge in [-0.05, 0) is 18.6 Å². The summed E-state index contributed by atoms with van der Waals surface area (Å²) in [5, 5.41) is 0. The zero-order chi connectivity index (χ0) is 15.5. The fraction of sp³-hybridized carbons (Fsp3) is 0.267. The number of nitrogens with zero attached hydrogens (tertiary/aromatic N) is 4. The molecule has 7 heteroatoms. The van der Waals surface area contributed by atoms with Gasteiger partial charge in [-0.3, -0.25) is 4.79 Å². The molecule has 0 spiro atoms. The summed E-state index contributed by atoms with van der Waals surface area (Å²) in [6.45, 7) is 2.56. The fourth-order valence-corrected chi connectivity index (χ4v) is 2.03. The van der Waals surface area contributed by atoms with Gasteiger partial charge in [-0.2, -0.15) is 4.99 Å². The van der Waals surface area contributed by atoms with Crippen LogP contribution in [0.4, 0.5) is 0 Å². The molecule has 1 aromatic carbocycles. The lowest BCUT2D eigenvalue weighted by Gasteiger charge is -2.14. The van der Waals surface area contributed by atoms with Crippen molar-refractivity contribution in [3.05, 3.63) is 23.8 Å². The molecule has 1 amide bonds. The Morgan fingerprint density at radius 2 is 2.05 bits per heavy atom. The van der Waals surface area contributed by atoms with Gasteiger partial charge in [0.1, 0.15) is 17.8 Å². The Labute approximate surface area is 127 Å². The number of hydrogen-bond acceptors (Lipinski definition) is 6. The highest BCUT2D eigenvalue weighted by Crippen LogP contribution is 2.27. The monoisotopic (exact) mass is 298 g/mol. The maximum Gasteiger partial charge on any atom is 0.301 e. The van der Waals surface area contributed by atoms with E-state index in [1.165, 1.54) is 6.34 Å². The minimum absolute atomic E-state index is 0.174. The van der Waals surface area contributed by atoms with Gasteiger partial charge in [-0.25, -0.2) is 15.0 Å². The summed E-state index contributed by atoms with van der Waals surface area (Å²) in [4.78, 5) is 28.0. The van der Waals surface area contributed by atoms with Crippen LogP contribution in [-0.2, 0) is 4.79 Å². The van der Waals surface area contributed by atoms with Crippen LogP contribution in [0.15, 0.2) is 38.2 Å². The Balaban J connectivity index is 2.02. The number of carbonyl (C=O) groups excluding carboxylic acids is 1. The third kappa shape index (κ3) is 2.52. The topological polar surface area (TPSA) is 85.0 Å². The summed E-state index contributed by atoms with van der Waals surface area (Å²) in [5.41, 5.74) is 0.796. The van der Waals surface area contributed by atoms with Gasteiger partial charge in [-0.1, -0.05) is 6.92 Å². The molecule has 112 valence electrons. The van der Waals surface area contributed by atoms with Crippen LogP contribution in [0.25, 0.3) is 0 Å². The Bertz CT molecular complexity index is 747. The molecule has 2 aliphatic heterocycles. The maximum atomic E-state index is 12.0. The number of aliphatic imine (C=N–C) groups is 4. The molecule has 2 aliphatic rings. The lowest BCUT2D eigenvalue weighted by molar-refractivity contribution is -0.111. The molecule has 0 fully saturated rings. The van der Waals surface area contributed by atoms with Crippen LogP contribution in [0.1, 0.15) is 18.9 Å². The molecule has 0 aromatic heterocycles. The van der Waals surface area contributed by atoms with E-state index >= 15 is 0 Å². The molecule has 1 aromatic rings. The number of ether oxygens (including phenoxy) is 2. The number of benzene rings is 1. The minimum Gasteiger partial charge on any atom is -0.497 e. The molecule has 0 aliphatic carbocycles. The zero-order valence-corrected chi connectivity index (χ0v) is 12.2. The lowest BCUT2D eigenvalue weighted by Crippen LogP contribution is -2.26. The molecule has 3 rings (SSSR count). The van der Waals surface area contributed by atoms with Gasteiger partial charge in [0.25, 0.3) is 0 Å². The van der Waals surface area contributed by atoms with E-state index in [9.17, 15) is 4.79 Å². The summed E-state index contributed by atoms with van der Waals surface area (Å²) in [7, 11) is 1.58. The van der Waals surface area contributed by atoms with E-state index in [1.54, 1.807) is 25.3 Å². The van der Waals surface area contributed by atoms with Crippen molar-refractivity contribution >= 4 is 29.6 Å². The first-order valence-corrected chi connectivity index (χ1v) is 6.86. The molecule has 0 saturated carbocycles. The molecule has 0 N–H and O–H groups in total. The molecule has 0 atom stereocenters. The van der Waals surface area contributed by atoms with E-state index in [2.05, 4.69) is 20.0 Å². The summed E-state index contributed by atoms with van der Waals surface area (Å²) >= 11 is 0. The van der Waals surface area contributed by atoms with Crippen LogP contribution in [0.2, 0.25) is 0 Å². The SMILES string of the molecule is CCCOc1cc(OC)ccc1C1=NC(=O)C2=NC=NC2=N1. The molecule has 0 bridgehead atoms. The number of rotatable bonds is 5. The van der Waals surface area contributed by atoms with Crippen molar-refractivity contribution in [3.8, 4) is 11.5 Å². The number of methoxy groups -OCH3 is 1. The molecular formula is C15H14N4O3. The second-order valence-electron chi connectivity index (χ2n) is 4.61. The van der Waals surface area contributed by atoms with Crippen molar-refractivity contribution in [2.45, 2.75) is 13.3 Å². The van der Waals surface area contributed by atoms with Gasteiger partial charge in [0, 0.05) is 6.07 Å². The molecule has 22 heavy (non-hydrogen) atoms. The summed E-state index contributed by atoms with van der Waals surface area (Å²) in [6.07, 6.45) is 2.16. The second-order valence-corrected chi connectivity index (χ2v) is 4.61. The Hall–Kier alpha value is -2.83. The van der Waals surface area contributed by atoms with Crippen LogP contribution in [0.3, 0.4) is 0 Å². The highest BCUT2D eigenvalue weighted by molar-refractivity contribution is 6.71. The fourth-order valence-electron chi connectivity index (χ4n) is 2.03. The highest BCUT2D eigenvalue weighted by Gasteiger charge is 2.27. The van der Waals surface area contributed by atoms with Crippen molar-refractivity contribution < 1.29 is 14.3 Å². The van der Waals surface area contributed by atoms with Gasteiger partial charge < -0.3 is 9.47 Å². The van der Waals surface area contributed by atoms with Crippen LogP contribution < -0.4 is 9.47 Å². The minimum atomic E-state index is -0.449. The number of fused-ring (bicyclic) bond motifs is 1. The van der Waals surface area contributed by atoms with Crippen molar-refractivity contribution in [1.29, 1.82) is 0 Å². The normalized spacial score (nSPS) is 15.9.